The number of hydrogen-bond acceptors (Lipinski definition) is 5. The first-order valence-corrected chi connectivity index (χ1v) is 10.8. The van der Waals surface area contributed by atoms with E-state index in [1.165, 1.54) is 0 Å². The lowest BCUT2D eigenvalue weighted by Gasteiger charge is -2.31. The third kappa shape index (κ3) is 5.46. The van der Waals surface area contributed by atoms with Crippen molar-refractivity contribution < 1.29 is 23.9 Å². The predicted octanol–water partition coefficient (Wildman–Crippen LogP) is 4.79. The minimum Gasteiger partial charge on any atom is -0.446 e. The maximum Gasteiger partial charge on any atom is 0.417 e. The number of nitrogens with zero attached hydrogens (tertiary/aromatic N) is 1. The molecule has 1 aliphatic rings. The Kier molecular flexibility index (Phi) is 7.18. The smallest absolute Gasteiger partial charge is 0.417 e. The van der Waals surface area contributed by atoms with Gasteiger partial charge in [-0.25, -0.2) is 14.5 Å². The number of alkyl carbamates (subject to hydrolysis) is 1. The summed E-state index contributed by atoms with van der Waals surface area (Å²) in [5.74, 6) is -0.885. The van der Waals surface area contributed by atoms with Crippen molar-refractivity contribution in [3.8, 4) is 0 Å². The van der Waals surface area contributed by atoms with Crippen LogP contribution in [0.3, 0.4) is 0 Å². The summed E-state index contributed by atoms with van der Waals surface area (Å²) >= 11 is 0. The van der Waals surface area contributed by atoms with E-state index < -0.39 is 35.8 Å². The van der Waals surface area contributed by atoms with Gasteiger partial charge in [0.25, 0.3) is 5.91 Å². The van der Waals surface area contributed by atoms with Crippen molar-refractivity contribution in [2.45, 2.75) is 57.7 Å². The molecule has 7 heteroatoms. The monoisotopic (exact) mass is 438 g/mol. The summed E-state index contributed by atoms with van der Waals surface area (Å²) in [4.78, 5) is 40.1. The number of cyclic esters (lactones) is 1. The normalized spacial score (nSPS) is 17.9. The molecule has 0 radical (unpaired) electrons. The SMILES string of the molecule is CC[C@@H](c1ccccc1)[C@H](NC(=O)OC(C)(C)C)C(=O)N1C(=O)OC[C@@H]1c1ccccc1. The summed E-state index contributed by atoms with van der Waals surface area (Å²) in [6.45, 7) is 7.26. The van der Waals surface area contributed by atoms with E-state index in [1.807, 2.05) is 67.6 Å². The zero-order valence-electron chi connectivity index (χ0n) is 18.9. The van der Waals surface area contributed by atoms with Gasteiger partial charge in [0, 0.05) is 5.92 Å². The van der Waals surface area contributed by atoms with Crippen molar-refractivity contribution in [1.29, 1.82) is 0 Å². The van der Waals surface area contributed by atoms with Gasteiger partial charge in [0.05, 0.1) is 0 Å². The van der Waals surface area contributed by atoms with Gasteiger partial charge in [-0.2, -0.15) is 0 Å². The van der Waals surface area contributed by atoms with Crippen molar-refractivity contribution in [2.24, 2.45) is 0 Å². The predicted molar refractivity (Wildman–Crippen MR) is 120 cm³/mol. The second-order valence-corrected chi connectivity index (χ2v) is 8.76. The molecule has 170 valence electrons. The van der Waals surface area contributed by atoms with Crippen LogP contribution in [0.5, 0.6) is 0 Å². The Hall–Kier alpha value is -3.35. The number of benzene rings is 2. The average Bonchev–Trinajstić information content (AvgIpc) is 3.14. The fraction of sp³-hybridized carbons (Fsp3) is 0.400. The van der Waals surface area contributed by atoms with Crippen LogP contribution < -0.4 is 5.32 Å². The lowest BCUT2D eigenvalue weighted by molar-refractivity contribution is -0.132. The summed E-state index contributed by atoms with van der Waals surface area (Å²) in [5, 5.41) is 2.73. The fourth-order valence-electron chi connectivity index (χ4n) is 3.87. The van der Waals surface area contributed by atoms with E-state index in [0.29, 0.717) is 6.42 Å². The Morgan fingerprint density at radius 1 is 1.09 bits per heavy atom. The first-order valence-electron chi connectivity index (χ1n) is 10.8. The maximum absolute atomic E-state index is 13.8. The highest BCUT2D eigenvalue weighted by Crippen LogP contribution is 2.32. The van der Waals surface area contributed by atoms with Crippen LogP contribution in [-0.4, -0.2) is 41.2 Å². The van der Waals surface area contributed by atoms with Gasteiger partial charge in [0.1, 0.15) is 24.3 Å². The van der Waals surface area contributed by atoms with E-state index in [2.05, 4.69) is 5.32 Å². The topological polar surface area (TPSA) is 84.9 Å². The van der Waals surface area contributed by atoms with E-state index in [-0.39, 0.29) is 12.5 Å². The van der Waals surface area contributed by atoms with Crippen LogP contribution in [0.15, 0.2) is 60.7 Å². The molecule has 1 aliphatic heterocycles. The average molecular weight is 439 g/mol. The molecule has 0 aliphatic carbocycles. The zero-order valence-corrected chi connectivity index (χ0v) is 18.9. The number of hydrogen-bond donors (Lipinski definition) is 1. The first kappa shape index (κ1) is 23.3. The third-order valence-corrected chi connectivity index (χ3v) is 5.30. The van der Waals surface area contributed by atoms with E-state index in [4.69, 9.17) is 9.47 Å². The number of ether oxygens (including phenoxy) is 2. The molecule has 0 spiro atoms. The molecule has 3 atom stereocenters. The molecule has 7 nitrogen and oxygen atoms in total. The van der Waals surface area contributed by atoms with E-state index >= 15 is 0 Å². The number of rotatable bonds is 6. The Morgan fingerprint density at radius 3 is 2.25 bits per heavy atom. The molecule has 0 unspecified atom stereocenters. The minimum absolute atomic E-state index is 0.0654. The van der Waals surface area contributed by atoms with Crippen LogP contribution in [0.1, 0.15) is 57.2 Å². The lowest BCUT2D eigenvalue weighted by Crippen LogP contribution is -2.53. The molecule has 1 heterocycles. The largest absolute Gasteiger partial charge is 0.446 e. The van der Waals surface area contributed by atoms with E-state index in [1.54, 1.807) is 20.8 Å². The quantitative estimate of drug-likeness (QED) is 0.701. The third-order valence-electron chi connectivity index (χ3n) is 5.30. The van der Waals surface area contributed by atoms with Crippen LogP contribution in [0.25, 0.3) is 0 Å². The number of nitrogens with one attached hydrogen (secondary N) is 1. The highest BCUT2D eigenvalue weighted by Gasteiger charge is 2.44. The Balaban J connectivity index is 1.96. The molecule has 1 saturated heterocycles. The molecule has 0 saturated carbocycles. The van der Waals surface area contributed by atoms with Gasteiger partial charge >= 0.3 is 12.2 Å². The van der Waals surface area contributed by atoms with Crippen molar-refractivity contribution >= 4 is 18.1 Å². The number of imide groups is 1. The Bertz CT molecular complexity index is 940. The fourth-order valence-corrected chi connectivity index (χ4v) is 3.87. The van der Waals surface area contributed by atoms with Gasteiger partial charge in [-0.3, -0.25) is 4.79 Å². The summed E-state index contributed by atoms with van der Waals surface area (Å²) in [7, 11) is 0. The van der Waals surface area contributed by atoms with Crippen LogP contribution in [0, 0.1) is 0 Å². The highest BCUT2D eigenvalue weighted by atomic mass is 16.6. The number of carbonyl (C=O) groups is 3. The minimum atomic E-state index is -1.01. The molecular weight excluding hydrogens is 408 g/mol. The Morgan fingerprint density at radius 2 is 1.69 bits per heavy atom. The van der Waals surface area contributed by atoms with Gasteiger partial charge < -0.3 is 14.8 Å². The van der Waals surface area contributed by atoms with Gasteiger partial charge in [-0.05, 0) is 38.3 Å². The van der Waals surface area contributed by atoms with Crippen molar-refractivity contribution in [3.63, 3.8) is 0 Å². The van der Waals surface area contributed by atoms with Gasteiger partial charge in [0.2, 0.25) is 0 Å². The molecule has 3 rings (SSSR count). The standard InChI is InChI=1S/C25H30N2O5/c1-5-19(17-12-8-6-9-13-17)21(26-23(29)32-25(2,3)4)22(28)27-20(16-31-24(27)30)18-14-10-7-11-15-18/h6-15,19-21H,5,16H2,1-4H3,(H,26,29)/t19-,20+,21-/m0/s1. The van der Waals surface area contributed by atoms with Crippen LogP contribution in [0.2, 0.25) is 0 Å². The van der Waals surface area contributed by atoms with Crippen LogP contribution in [0.4, 0.5) is 9.59 Å². The summed E-state index contributed by atoms with van der Waals surface area (Å²) in [6, 6.07) is 17.1. The van der Waals surface area contributed by atoms with E-state index in [0.717, 1.165) is 16.0 Å². The molecule has 2 aromatic carbocycles. The summed E-state index contributed by atoms with van der Waals surface area (Å²) in [5.41, 5.74) is 0.939. The van der Waals surface area contributed by atoms with Crippen molar-refractivity contribution in [2.75, 3.05) is 6.61 Å². The molecule has 2 aromatic rings. The second kappa shape index (κ2) is 9.85. The Labute approximate surface area is 188 Å². The van der Waals surface area contributed by atoms with Gasteiger partial charge in [-0.1, -0.05) is 67.6 Å². The molecule has 1 fully saturated rings. The lowest BCUT2D eigenvalue weighted by atomic mass is 9.88. The molecule has 0 aromatic heterocycles. The van der Waals surface area contributed by atoms with Crippen molar-refractivity contribution in [1.82, 2.24) is 10.2 Å². The molecule has 1 N–H and O–H groups in total. The summed E-state index contributed by atoms with van der Waals surface area (Å²) in [6.07, 6.45) is -0.869. The molecular formula is C25H30N2O5. The van der Waals surface area contributed by atoms with Gasteiger partial charge in [0.15, 0.2) is 0 Å². The summed E-state index contributed by atoms with van der Waals surface area (Å²) < 4.78 is 10.6. The van der Waals surface area contributed by atoms with Crippen LogP contribution >= 0.6 is 0 Å². The molecule has 32 heavy (non-hydrogen) atoms. The number of carbonyl (C=O) groups excluding carboxylic acids is 3. The maximum atomic E-state index is 13.8. The highest BCUT2D eigenvalue weighted by molar-refractivity contribution is 5.98. The number of amides is 3. The van der Waals surface area contributed by atoms with Crippen molar-refractivity contribution in [3.05, 3.63) is 71.8 Å². The molecule has 3 amide bonds. The molecule has 0 bridgehead atoms. The van der Waals surface area contributed by atoms with Gasteiger partial charge in [-0.15, -0.1) is 0 Å². The first-order chi connectivity index (χ1) is 15.2. The van der Waals surface area contributed by atoms with E-state index in [9.17, 15) is 14.4 Å². The van der Waals surface area contributed by atoms with Crippen LogP contribution in [-0.2, 0) is 14.3 Å². The second-order valence-electron chi connectivity index (χ2n) is 8.76. The zero-order chi connectivity index (χ0) is 23.3.